The van der Waals surface area contributed by atoms with Crippen molar-refractivity contribution in [3.63, 3.8) is 0 Å². The Bertz CT molecular complexity index is 225. The molecule has 0 spiro atoms. The lowest BCUT2D eigenvalue weighted by molar-refractivity contribution is -0.141. The summed E-state index contributed by atoms with van der Waals surface area (Å²) in [4.78, 5) is 15.2. The molecule has 0 aromatic rings. The molecule has 1 fully saturated rings. The minimum Gasteiger partial charge on any atom is -0.375 e. The molecule has 0 N–H and O–H groups in total. The van der Waals surface area contributed by atoms with Gasteiger partial charge in [0.1, 0.15) is 0 Å². The lowest BCUT2D eigenvalue weighted by atomic mass is 10.1. The molecule has 4 heteroatoms. The lowest BCUT2D eigenvalue weighted by Gasteiger charge is -2.13. The van der Waals surface area contributed by atoms with Gasteiger partial charge in [-0.2, -0.15) is 0 Å². The molecular weight excluding hydrogens is 182 g/mol. The van der Waals surface area contributed by atoms with Crippen LogP contribution in [0.2, 0.25) is 0 Å². The average Bonchev–Trinajstić information content (AvgIpc) is 2.38. The predicted octanol–water partition coefficient (Wildman–Crippen LogP) is 1.88. The first-order valence-corrected chi connectivity index (χ1v) is 5.01. The van der Waals surface area contributed by atoms with Gasteiger partial charge in [0, 0.05) is 14.0 Å². The molecule has 1 aliphatic rings. The number of ether oxygens (including phenoxy) is 1. The van der Waals surface area contributed by atoms with Gasteiger partial charge in [-0.3, -0.25) is 0 Å². The van der Waals surface area contributed by atoms with E-state index in [0.29, 0.717) is 0 Å². The highest BCUT2D eigenvalue weighted by molar-refractivity contribution is 5.89. The molecule has 1 aliphatic carbocycles. The number of methoxy groups -OCH3 is 1. The molecule has 0 aromatic carbocycles. The van der Waals surface area contributed by atoms with E-state index < -0.39 is 0 Å². The molecule has 0 radical (unpaired) electrons. The highest BCUT2D eigenvalue weighted by Crippen LogP contribution is 2.17. The van der Waals surface area contributed by atoms with Crippen molar-refractivity contribution >= 4 is 11.7 Å². The highest BCUT2D eigenvalue weighted by Gasteiger charge is 2.19. The molecule has 14 heavy (non-hydrogen) atoms. The summed E-state index contributed by atoms with van der Waals surface area (Å²) in [6.45, 7) is 1.35. The van der Waals surface area contributed by atoms with Gasteiger partial charge >= 0.3 is 5.97 Å². The van der Waals surface area contributed by atoms with Gasteiger partial charge in [0.15, 0.2) is 0 Å². The molecule has 4 nitrogen and oxygen atoms in total. The normalized spacial score (nSPS) is 25.9. The summed E-state index contributed by atoms with van der Waals surface area (Å²) >= 11 is 0. The van der Waals surface area contributed by atoms with Gasteiger partial charge in [-0.05, 0) is 19.3 Å². The number of hydrogen-bond acceptors (Lipinski definition) is 4. The third-order valence-electron chi connectivity index (χ3n) is 2.35. The van der Waals surface area contributed by atoms with Crippen molar-refractivity contribution in [2.75, 3.05) is 7.11 Å². The van der Waals surface area contributed by atoms with Gasteiger partial charge in [-0.25, -0.2) is 4.79 Å². The number of rotatable bonds is 2. The number of carbonyl (C=O) groups is 1. The number of carbonyl (C=O) groups excluding carboxylic acids is 1. The molecule has 1 saturated carbocycles. The molecule has 0 heterocycles. The fraction of sp³-hybridized carbons (Fsp3) is 0.800. The predicted molar refractivity (Wildman–Crippen MR) is 53.1 cm³/mol. The van der Waals surface area contributed by atoms with Gasteiger partial charge in [-0.15, -0.1) is 0 Å². The van der Waals surface area contributed by atoms with Gasteiger partial charge in [-0.1, -0.05) is 18.0 Å². The monoisotopic (exact) mass is 199 g/mol. The van der Waals surface area contributed by atoms with E-state index in [-0.39, 0.29) is 12.1 Å². The van der Waals surface area contributed by atoms with E-state index >= 15 is 0 Å². The zero-order valence-electron chi connectivity index (χ0n) is 8.78. The first kappa shape index (κ1) is 11.2. The summed E-state index contributed by atoms with van der Waals surface area (Å²) in [6.07, 6.45) is 5.30. The Morgan fingerprint density at radius 1 is 1.43 bits per heavy atom. The Morgan fingerprint density at radius 2 is 2.21 bits per heavy atom. The first-order valence-electron chi connectivity index (χ1n) is 5.01. The van der Waals surface area contributed by atoms with E-state index in [1.54, 1.807) is 7.11 Å². The first-order chi connectivity index (χ1) is 6.74. The van der Waals surface area contributed by atoms with Crippen molar-refractivity contribution in [3.8, 4) is 0 Å². The Labute approximate surface area is 84.3 Å². The van der Waals surface area contributed by atoms with Crippen LogP contribution in [0.4, 0.5) is 0 Å². The summed E-state index contributed by atoms with van der Waals surface area (Å²) in [5.41, 5.74) is 0.861. The lowest BCUT2D eigenvalue weighted by Crippen LogP contribution is -2.22. The van der Waals surface area contributed by atoms with Gasteiger partial charge in [0.05, 0.1) is 11.8 Å². The van der Waals surface area contributed by atoms with Crippen LogP contribution in [0.3, 0.4) is 0 Å². The van der Waals surface area contributed by atoms with Crippen LogP contribution in [-0.2, 0) is 14.4 Å². The van der Waals surface area contributed by atoms with Crippen molar-refractivity contribution in [2.45, 2.75) is 45.1 Å². The summed E-state index contributed by atoms with van der Waals surface area (Å²) < 4.78 is 5.29. The van der Waals surface area contributed by atoms with Crippen LogP contribution in [0, 0.1) is 0 Å². The fourth-order valence-corrected chi connectivity index (χ4v) is 1.62. The van der Waals surface area contributed by atoms with Crippen LogP contribution < -0.4 is 0 Å². The van der Waals surface area contributed by atoms with E-state index in [9.17, 15) is 4.79 Å². The second-order valence-electron chi connectivity index (χ2n) is 3.49. The molecule has 0 aromatic heterocycles. The van der Waals surface area contributed by atoms with E-state index in [1.165, 1.54) is 13.3 Å². The van der Waals surface area contributed by atoms with Crippen LogP contribution in [0.1, 0.15) is 39.0 Å². The minimum atomic E-state index is -0.378. The van der Waals surface area contributed by atoms with Crippen molar-refractivity contribution in [1.82, 2.24) is 0 Å². The van der Waals surface area contributed by atoms with Crippen LogP contribution in [0.25, 0.3) is 0 Å². The maximum Gasteiger partial charge on any atom is 0.331 e. The Hall–Kier alpha value is -0.900. The molecule has 80 valence electrons. The SMILES string of the molecule is COC1CCCCC/C1=N\OC(C)=O. The molecule has 0 bridgehead atoms. The zero-order chi connectivity index (χ0) is 10.4. The summed E-state index contributed by atoms with van der Waals surface area (Å²) in [6, 6.07) is 0. The molecular formula is C10H17NO3. The average molecular weight is 199 g/mol. The maximum absolute atomic E-state index is 10.6. The van der Waals surface area contributed by atoms with Crippen LogP contribution in [-0.4, -0.2) is 24.9 Å². The molecule has 1 unspecified atom stereocenters. The third-order valence-corrected chi connectivity index (χ3v) is 2.35. The number of hydrogen-bond donors (Lipinski definition) is 0. The second kappa shape index (κ2) is 5.75. The van der Waals surface area contributed by atoms with Gasteiger partial charge in [0.2, 0.25) is 0 Å². The largest absolute Gasteiger partial charge is 0.375 e. The van der Waals surface area contributed by atoms with E-state index in [1.807, 2.05) is 0 Å². The summed E-state index contributed by atoms with van der Waals surface area (Å²) in [5.74, 6) is -0.378. The van der Waals surface area contributed by atoms with Crippen LogP contribution in [0.15, 0.2) is 5.16 Å². The molecule has 1 atom stereocenters. The molecule has 1 rings (SSSR count). The molecule has 0 amide bonds. The van der Waals surface area contributed by atoms with Crippen LogP contribution >= 0.6 is 0 Å². The van der Waals surface area contributed by atoms with Crippen molar-refractivity contribution in [3.05, 3.63) is 0 Å². The maximum atomic E-state index is 10.6. The second-order valence-corrected chi connectivity index (χ2v) is 3.49. The van der Waals surface area contributed by atoms with Crippen LogP contribution in [0.5, 0.6) is 0 Å². The van der Waals surface area contributed by atoms with E-state index in [4.69, 9.17) is 4.74 Å². The van der Waals surface area contributed by atoms with Crippen molar-refractivity contribution in [1.29, 1.82) is 0 Å². The van der Waals surface area contributed by atoms with Gasteiger partial charge < -0.3 is 9.57 Å². The minimum absolute atomic E-state index is 0.0249. The summed E-state index contributed by atoms with van der Waals surface area (Å²) in [7, 11) is 1.67. The van der Waals surface area contributed by atoms with E-state index in [2.05, 4.69) is 9.99 Å². The smallest absolute Gasteiger partial charge is 0.331 e. The van der Waals surface area contributed by atoms with Crippen molar-refractivity contribution in [2.24, 2.45) is 5.16 Å². The fourth-order valence-electron chi connectivity index (χ4n) is 1.62. The number of nitrogens with zero attached hydrogens (tertiary/aromatic N) is 1. The van der Waals surface area contributed by atoms with Gasteiger partial charge in [0.25, 0.3) is 0 Å². The number of oxime groups is 1. The molecule has 0 aliphatic heterocycles. The zero-order valence-corrected chi connectivity index (χ0v) is 8.78. The standard InChI is InChI=1S/C10H17NO3/c1-8(12)14-11-9-6-4-3-5-7-10(9)13-2/h10H,3-7H2,1-2H3/b11-9+. The highest BCUT2D eigenvalue weighted by atomic mass is 16.7. The van der Waals surface area contributed by atoms with E-state index in [0.717, 1.165) is 31.4 Å². The Morgan fingerprint density at radius 3 is 2.86 bits per heavy atom. The van der Waals surface area contributed by atoms with Crippen molar-refractivity contribution < 1.29 is 14.4 Å². The Kier molecular flexibility index (Phi) is 4.59. The third kappa shape index (κ3) is 3.46. The quantitative estimate of drug-likeness (QED) is 0.387. The Balaban J connectivity index is 2.59. The molecule has 0 saturated heterocycles. The topological polar surface area (TPSA) is 47.9 Å². The summed E-state index contributed by atoms with van der Waals surface area (Å²) in [5, 5.41) is 3.84.